The van der Waals surface area contributed by atoms with Crippen molar-refractivity contribution in [3.8, 4) is 5.75 Å². The lowest BCUT2D eigenvalue weighted by Crippen LogP contribution is -2.43. The van der Waals surface area contributed by atoms with Crippen LogP contribution in [-0.4, -0.2) is 30.6 Å². The molecule has 1 unspecified atom stereocenters. The predicted octanol–water partition coefficient (Wildman–Crippen LogP) is 3.10. The number of carboxylic acids is 1. The van der Waals surface area contributed by atoms with Crippen molar-refractivity contribution < 1.29 is 19.4 Å². The molecule has 0 saturated heterocycles. The number of aliphatic carboxylic acids is 1. The van der Waals surface area contributed by atoms with Gasteiger partial charge in [-0.15, -0.1) is 0 Å². The highest BCUT2D eigenvalue weighted by Gasteiger charge is 2.32. The van der Waals surface area contributed by atoms with Crippen LogP contribution in [0.5, 0.6) is 5.75 Å². The molecule has 1 aromatic rings. The fourth-order valence-corrected chi connectivity index (χ4v) is 2.06. The van der Waals surface area contributed by atoms with Gasteiger partial charge in [-0.25, -0.2) is 0 Å². The number of ether oxygens (including phenoxy) is 1. The molecule has 0 saturated carbocycles. The summed E-state index contributed by atoms with van der Waals surface area (Å²) in [6.07, 6.45) is 0. The summed E-state index contributed by atoms with van der Waals surface area (Å²) in [4.78, 5) is 25.5. The quantitative estimate of drug-likeness (QED) is 0.907. The van der Waals surface area contributed by atoms with Crippen molar-refractivity contribution in [2.45, 2.75) is 34.6 Å². The molecule has 22 heavy (non-hydrogen) atoms. The number of benzene rings is 1. The molecule has 5 heteroatoms. The van der Waals surface area contributed by atoms with Crippen LogP contribution in [0.25, 0.3) is 0 Å². The normalized spacial score (nSPS) is 12.6. The first-order valence-corrected chi connectivity index (χ1v) is 7.27. The van der Waals surface area contributed by atoms with Crippen molar-refractivity contribution in [2.24, 2.45) is 11.3 Å². The van der Waals surface area contributed by atoms with E-state index in [2.05, 4.69) is 0 Å². The number of hydrogen-bond acceptors (Lipinski definition) is 3. The predicted molar refractivity (Wildman–Crippen MR) is 86.3 cm³/mol. The topological polar surface area (TPSA) is 66.8 Å². The van der Waals surface area contributed by atoms with E-state index in [-0.39, 0.29) is 12.5 Å². The third-order valence-electron chi connectivity index (χ3n) is 3.39. The number of amides is 1. The molecule has 5 nitrogen and oxygen atoms in total. The summed E-state index contributed by atoms with van der Waals surface area (Å²) in [5.41, 5.74) is 0.966. The second-order valence-electron chi connectivity index (χ2n) is 6.58. The molecule has 122 valence electrons. The number of carbonyl (C=O) groups is 2. The minimum atomic E-state index is -0.932. The summed E-state index contributed by atoms with van der Waals surface area (Å²) in [6.45, 7) is 9.06. The van der Waals surface area contributed by atoms with Crippen molar-refractivity contribution in [2.75, 3.05) is 18.6 Å². The highest BCUT2D eigenvalue weighted by atomic mass is 16.5. The lowest BCUT2D eigenvalue weighted by atomic mass is 9.93. The Kier molecular flexibility index (Phi) is 5.58. The van der Waals surface area contributed by atoms with E-state index < -0.39 is 17.3 Å². The lowest BCUT2D eigenvalue weighted by Gasteiger charge is -2.32. The Morgan fingerprint density at radius 3 is 2.36 bits per heavy atom. The van der Waals surface area contributed by atoms with Gasteiger partial charge in [0.15, 0.2) is 0 Å². The fourth-order valence-electron chi connectivity index (χ4n) is 2.06. The number of rotatable bonds is 5. The average Bonchev–Trinajstić information content (AvgIpc) is 2.42. The Morgan fingerprint density at radius 1 is 1.32 bits per heavy atom. The van der Waals surface area contributed by atoms with Crippen LogP contribution in [0.3, 0.4) is 0 Å². The van der Waals surface area contributed by atoms with Crippen LogP contribution >= 0.6 is 0 Å². The SMILES string of the molecule is COc1ccc(C)cc1N(CC(C)C(=O)O)C(=O)C(C)(C)C. The molecule has 0 aromatic heterocycles. The molecule has 0 aliphatic carbocycles. The van der Waals surface area contributed by atoms with Gasteiger partial charge in [0.25, 0.3) is 0 Å². The molecule has 0 aliphatic rings. The molecule has 0 spiro atoms. The van der Waals surface area contributed by atoms with Crippen LogP contribution in [0.4, 0.5) is 5.69 Å². The Labute approximate surface area is 131 Å². The largest absolute Gasteiger partial charge is 0.495 e. The van der Waals surface area contributed by atoms with E-state index in [4.69, 9.17) is 4.74 Å². The van der Waals surface area contributed by atoms with Gasteiger partial charge in [-0.1, -0.05) is 33.8 Å². The number of aryl methyl sites for hydroxylation is 1. The van der Waals surface area contributed by atoms with Crippen molar-refractivity contribution >= 4 is 17.6 Å². The third-order valence-corrected chi connectivity index (χ3v) is 3.39. The second kappa shape index (κ2) is 6.81. The van der Waals surface area contributed by atoms with Crippen molar-refractivity contribution in [1.29, 1.82) is 0 Å². The van der Waals surface area contributed by atoms with Crippen LogP contribution in [0.15, 0.2) is 18.2 Å². The minimum Gasteiger partial charge on any atom is -0.495 e. The number of hydrogen-bond donors (Lipinski definition) is 1. The van der Waals surface area contributed by atoms with Crippen LogP contribution in [-0.2, 0) is 9.59 Å². The highest BCUT2D eigenvalue weighted by molar-refractivity contribution is 5.98. The standard InChI is InChI=1S/C17H25NO4/c1-11-7-8-14(22-6)13(9-11)18(10-12(2)15(19)20)16(21)17(3,4)5/h7-9,12H,10H2,1-6H3,(H,19,20). The summed E-state index contributed by atoms with van der Waals surface area (Å²) in [5, 5.41) is 9.17. The first kappa shape index (κ1) is 18.0. The maximum absolute atomic E-state index is 12.8. The van der Waals surface area contributed by atoms with Gasteiger partial charge in [-0.3, -0.25) is 9.59 Å². The smallest absolute Gasteiger partial charge is 0.308 e. The van der Waals surface area contributed by atoms with Crippen LogP contribution in [0, 0.1) is 18.3 Å². The molecule has 1 amide bonds. The Morgan fingerprint density at radius 2 is 1.91 bits per heavy atom. The zero-order valence-corrected chi connectivity index (χ0v) is 14.1. The number of carbonyl (C=O) groups excluding carboxylic acids is 1. The average molecular weight is 307 g/mol. The number of nitrogens with zero attached hydrogens (tertiary/aromatic N) is 1. The van der Waals surface area contributed by atoms with Gasteiger partial charge in [0.05, 0.1) is 18.7 Å². The van der Waals surface area contributed by atoms with Crippen molar-refractivity contribution in [3.05, 3.63) is 23.8 Å². The number of anilines is 1. The molecule has 0 heterocycles. The van der Waals surface area contributed by atoms with E-state index in [9.17, 15) is 14.7 Å². The summed E-state index contributed by atoms with van der Waals surface area (Å²) in [7, 11) is 1.54. The molecule has 0 fully saturated rings. The van der Waals surface area contributed by atoms with Gasteiger partial charge in [0.2, 0.25) is 5.91 Å². The maximum Gasteiger partial charge on any atom is 0.308 e. The van der Waals surface area contributed by atoms with E-state index in [1.807, 2.05) is 39.8 Å². The monoisotopic (exact) mass is 307 g/mol. The first-order valence-electron chi connectivity index (χ1n) is 7.27. The zero-order chi connectivity index (χ0) is 17.1. The number of methoxy groups -OCH3 is 1. The van der Waals surface area contributed by atoms with Gasteiger partial charge in [-0.2, -0.15) is 0 Å². The van der Waals surface area contributed by atoms with Gasteiger partial charge in [0, 0.05) is 12.0 Å². The zero-order valence-electron chi connectivity index (χ0n) is 14.1. The van der Waals surface area contributed by atoms with Gasteiger partial charge < -0.3 is 14.7 Å². The van der Waals surface area contributed by atoms with E-state index in [1.54, 1.807) is 13.0 Å². The lowest BCUT2D eigenvalue weighted by molar-refractivity contribution is -0.140. The van der Waals surface area contributed by atoms with Crippen LogP contribution < -0.4 is 9.64 Å². The van der Waals surface area contributed by atoms with E-state index in [0.717, 1.165) is 5.56 Å². The van der Waals surface area contributed by atoms with Crippen molar-refractivity contribution in [3.63, 3.8) is 0 Å². The molecule has 0 aliphatic heterocycles. The van der Waals surface area contributed by atoms with Gasteiger partial charge >= 0.3 is 5.97 Å². The van der Waals surface area contributed by atoms with Crippen molar-refractivity contribution in [1.82, 2.24) is 0 Å². The molecule has 1 aromatic carbocycles. The summed E-state index contributed by atoms with van der Waals surface area (Å²) < 4.78 is 5.34. The molecule has 1 atom stereocenters. The first-order chi connectivity index (χ1) is 10.1. The molecule has 0 radical (unpaired) electrons. The Bertz CT molecular complexity index is 560. The minimum absolute atomic E-state index is 0.102. The van der Waals surface area contributed by atoms with Crippen LogP contribution in [0.1, 0.15) is 33.3 Å². The Hall–Kier alpha value is -2.04. The number of carboxylic acid groups (broad SMARTS) is 1. The van der Waals surface area contributed by atoms with Gasteiger partial charge in [0.1, 0.15) is 5.75 Å². The molecule has 1 rings (SSSR count). The van der Waals surface area contributed by atoms with E-state index in [0.29, 0.717) is 11.4 Å². The summed E-state index contributed by atoms with van der Waals surface area (Å²) >= 11 is 0. The van der Waals surface area contributed by atoms with E-state index in [1.165, 1.54) is 12.0 Å². The second-order valence-corrected chi connectivity index (χ2v) is 6.58. The van der Waals surface area contributed by atoms with Crippen LogP contribution in [0.2, 0.25) is 0 Å². The molecule has 0 bridgehead atoms. The van der Waals surface area contributed by atoms with Gasteiger partial charge in [-0.05, 0) is 24.6 Å². The molecular weight excluding hydrogens is 282 g/mol. The van der Waals surface area contributed by atoms with E-state index >= 15 is 0 Å². The summed E-state index contributed by atoms with van der Waals surface area (Å²) in [6, 6.07) is 5.53. The molecule has 1 N–H and O–H groups in total. The Balaban J connectivity index is 3.34. The fraction of sp³-hybridized carbons (Fsp3) is 0.529. The maximum atomic E-state index is 12.8. The third kappa shape index (κ3) is 4.23. The summed E-state index contributed by atoms with van der Waals surface area (Å²) in [5.74, 6) is -1.18. The highest BCUT2D eigenvalue weighted by Crippen LogP contribution is 2.33. The molecular formula is C17H25NO4.